The van der Waals surface area contributed by atoms with E-state index in [1.54, 1.807) is 6.33 Å². The van der Waals surface area contributed by atoms with Gasteiger partial charge in [-0.05, 0) is 31.5 Å². The molecule has 0 spiro atoms. The molecule has 4 rings (SSSR count). The first kappa shape index (κ1) is 14.6. The Hall–Kier alpha value is -2.96. The number of nitrogens with zero attached hydrogens (tertiary/aromatic N) is 5. The third-order valence-corrected chi connectivity index (χ3v) is 4.14. The highest BCUT2D eigenvalue weighted by molar-refractivity contribution is 5.56. The number of aromatic amines is 1. The van der Waals surface area contributed by atoms with Gasteiger partial charge in [0.15, 0.2) is 0 Å². The number of aryl methyl sites for hydroxylation is 1. The summed E-state index contributed by atoms with van der Waals surface area (Å²) >= 11 is 0. The summed E-state index contributed by atoms with van der Waals surface area (Å²) in [6.07, 6.45) is 6.33. The van der Waals surface area contributed by atoms with Gasteiger partial charge in [-0.15, -0.1) is 0 Å². The molecule has 1 saturated heterocycles. The van der Waals surface area contributed by atoms with Crippen molar-refractivity contribution < 1.29 is 0 Å². The van der Waals surface area contributed by atoms with E-state index in [2.05, 4.69) is 35.1 Å². The molecule has 7 heteroatoms. The standard InChI is InChI=1S/C17H19N7/c1-12-9-16(21-11-20-12)22-13-5-8-24(10-13)17-19-7-4-15(23-17)14-3-2-6-18-14/h2-4,6-7,9,11,13,18H,5,8,10H2,1H3,(H,20,21,22). The van der Waals surface area contributed by atoms with Crippen molar-refractivity contribution in [1.82, 2.24) is 24.9 Å². The molecule has 1 unspecified atom stereocenters. The fraction of sp³-hybridized carbons (Fsp3) is 0.294. The smallest absolute Gasteiger partial charge is 0.225 e. The summed E-state index contributed by atoms with van der Waals surface area (Å²) in [5.74, 6) is 1.64. The van der Waals surface area contributed by atoms with Crippen LogP contribution in [0.5, 0.6) is 0 Å². The van der Waals surface area contributed by atoms with Crippen LogP contribution in [0.15, 0.2) is 43.0 Å². The second-order valence-electron chi connectivity index (χ2n) is 5.95. The topological polar surface area (TPSA) is 82.6 Å². The summed E-state index contributed by atoms with van der Waals surface area (Å²) < 4.78 is 0. The molecule has 0 amide bonds. The van der Waals surface area contributed by atoms with E-state index in [0.717, 1.165) is 48.4 Å². The largest absolute Gasteiger partial charge is 0.365 e. The number of aromatic nitrogens is 5. The van der Waals surface area contributed by atoms with Gasteiger partial charge in [-0.1, -0.05) is 0 Å². The molecule has 122 valence electrons. The Morgan fingerprint density at radius 1 is 1.25 bits per heavy atom. The van der Waals surface area contributed by atoms with Gasteiger partial charge in [0.05, 0.1) is 11.4 Å². The maximum Gasteiger partial charge on any atom is 0.225 e. The molecule has 24 heavy (non-hydrogen) atoms. The molecule has 0 aliphatic carbocycles. The zero-order valence-electron chi connectivity index (χ0n) is 13.5. The van der Waals surface area contributed by atoms with Crippen LogP contribution in [-0.4, -0.2) is 44.1 Å². The van der Waals surface area contributed by atoms with Crippen molar-refractivity contribution >= 4 is 11.8 Å². The molecule has 1 fully saturated rings. The highest BCUT2D eigenvalue weighted by Crippen LogP contribution is 2.21. The molecule has 4 heterocycles. The van der Waals surface area contributed by atoms with Crippen LogP contribution in [0.1, 0.15) is 12.1 Å². The Kier molecular flexibility index (Phi) is 3.82. The van der Waals surface area contributed by atoms with E-state index in [1.165, 1.54) is 0 Å². The summed E-state index contributed by atoms with van der Waals surface area (Å²) in [4.78, 5) is 22.9. The van der Waals surface area contributed by atoms with Gasteiger partial charge in [-0.25, -0.2) is 19.9 Å². The SMILES string of the molecule is Cc1cc(NC2CCN(c3nccc(-c4ccc[nH]4)n3)C2)ncn1. The van der Waals surface area contributed by atoms with E-state index in [-0.39, 0.29) is 0 Å². The second kappa shape index (κ2) is 6.27. The first-order valence-corrected chi connectivity index (χ1v) is 8.05. The maximum absolute atomic E-state index is 4.68. The quantitative estimate of drug-likeness (QED) is 0.767. The van der Waals surface area contributed by atoms with Crippen molar-refractivity contribution in [3.8, 4) is 11.4 Å². The molecule has 1 aliphatic heterocycles. The minimum absolute atomic E-state index is 0.331. The summed E-state index contributed by atoms with van der Waals surface area (Å²) in [6, 6.07) is 8.20. The Balaban J connectivity index is 1.46. The first-order valence-electron chi connectivity index (χ1n) is 8.05. The number of nitrogens with one attached hydrogen (secondary N) is 2. The fourth-order valence-electron chi connectivity index (χ4n) is 2.94. The third-order valence-electron chi connectivity index (χ3n) is 4.14. The summed E-state index contributed by atoms with van der Waals surface area (Å²) in [6.45, 7) is 3.75. The summed E-state index contributed by atoms with van der Waals surface area (Å²) in [5, 5.41) is 3.47. The normalized spacial score (nSPS) is 17.2. The van der Waals surface area contributed by atoms with Crippen molar-refractivity contribution in [3.05, 3.63) is 48.7 Å². The van der Waals surface area contributed by atoms with E-state index in [9.17, 15) is 0 Å². The van der Waals surface area contributed by atoms with Crippen LogP contribution in [-0.2, 0) is 0 Å². The van der Waals surface area contributed by atoms with Crippen LogP contribution < -0.4 is 10.2 Å². The molecule has 3 aromatic heterocycles. The zero-order chi connectivity index (χ0) is 16.4. The molecule has 0 radical (unpaired) electrons. The van der Waals surface area contributed by atoms with Gasteiger partial charge < -0.3 is 15.2 Å². The van der Waals surface area contributed by atoms with E-state index in [1.807, 2.05) is 43.6 Å². The highest BCUT2D eigenvalue weighted by atomic mass is 15.3. The molecule has 7 nitrogen and oxygen atoms in total. The van der Waals surface area contributed by atoms with Crippen molar-refractivity contribution in [2.45, 2.75) is 19.4 Å². The second-order valence-corrected chi connectivity index (χ2v) is 5.95. The minimum atomic E-state index is 0.331. The first-order chi connectivity index (χ1) is 11.8. The highest BCUT2D eigenvalue weighted by Gasteiger charge is 2.24. The lowest BCUT2D eigenvalue weighted by molar-refractivity contribution is 0.796. The zero-order valence-corrected chi connectivity index (χ0v) is 13.5. The fourth-order valence-corrected chi connectivity index (χ4v) is 2.94. The van der Waals surface area contributed by atoms with Gasteiger partial charge in [-0.2, -0.15) is 0 Å². The molecule has 0 aromatic carbocycles. The Bertz CT molecular complexity index is 815. The monoisotopic (exact) mass is 321 g/mol. The van der Waals surface area contributed by atoms with Gasteiger partial charge in [0.25, 0.3) is 0 Å². The van der Waals surface area contributed by atoms with Crippen LogP contribution >= 0.6 is 0 Å². The lowest BCUT2D eigenvalue weighted by Gasteiger charge is -2.17. The number of anilines is 2. The minimum Gasteiger partial charge on any atom is -0.365 e. The lowest BCUT2D eigenvalue weighted by Crippen LogP contribution is -2.27. The molecule has 3 aromatic rings. The Morgan fingerprint density at radius 2 is 2.21 bits per heavy atom. The van der Waals surface area contributed by atoms with E-state index in [0.29, 0.717) is 6.04 Å². The van der Waals surface area contributed by atoms with Gasteiger partial charge in [0.1, 0.15) is 12.1 Å². The third kappa shape index (κ3) is 3.05. The van der Waals surface area contributed by atoms with Gasteiger partial charge in [-0.3, -0.25) is 0 Å². The van der Waals surface area contributed by atoms with Crippen molar-refractivity contribution in [2.75, 3.05) is 23.3 Å². The van der Waals surface area contributed by atoms with Crippen LogP contribution in [0.4, 0.5) is 11.8 Å². The van der Waals surface area contributed by atoms with Crippen LogP contribution in [0.2, 0.25) is 0 Å². The average Bonchev–Trinajstić information content (AvgIpc) is 3.27. The molecular formula is C17H19N7. The van der Waals surface area contributed by atoms with E-state index >= 15 is 0 Å². The summed E-state index contributed by atoms with van der Waals surface area (Å²) in [7, 11) is 0. The van der Waals surface area contributed by atoms with Gasteiger partial charge >= 0.3 is 0 Å². The number of H-pyrrole nitrogens is 1. The maximum atomic E-state index is 4.68. The molecule has 1 aliphatic rings. The van der Waals surface area contributed by atoms with Crippen LogP contribution in [0.3, 0.4) is 0 Å². The molecule has 0 saturated carbocycles. The predicted molar refractivity (Wildman–Crippen MR) is 92.8 cm³/mol. The van der Waals surface area contributed by atoms with Crippen molar-refractivity contribution in [1.29, 1.82) is 0 Å². The van der Waals surface area contributed by atoms with Crippen LogP contribution in [0.25, 0.3) is 11.4 Å². The molecule has 2 N–H and O–H groups in total. The molecular weight excluding hydrogens is 302 g/mol. The van der Waals surface area contributed by atoms with Gasteiger partial charge in [0.2, 0.25) is 5.95 Å². The molecule has 1 atom stereocenters. The van der Waals surface area contributed by atoms with Crippen molar-refractivity contribution in [2.24, 2.45) is 0 Å². The lowest BCUT2D eigenvalue weighted by atomic mass is 10.2. The molecule has 0 bridgehead atoms. The average molecular weight is 321 g/mol. The predicted octanol–water partition coefficient (Wildman–Crippen LogP) is 2.26. The van der Waals surface area contributed by atoms with Gasteiger partial charge in [0, 0.05) is 43.3 Å². The van der Waals surface area contributed by atoms with E-state index in [4.69, 9.17) is 0 Å². The Morgan fingerprint density at radius 3 is 3.04 bits per heavy atom. The number of rotatable bonds is 4. The van der Waals surface area contributed by atoms with E-state index < -0.39 is 0 Å². The number of hydrogen-bond acceptors (Lipinski definition) is 6. The van der Waals surface area contributed by atoms with Crippen molar-refractivity contribution in [3.63, 3.8) is 0 Å². The van der Waals surface area contributed by atoms with Crippen LogP contribution in [0, 0.1) is 6.92 Å². The Labute approximate surface area is 140 Å². The number of hydrogen-bond donors (Lipinski definition) is 2. The summed E-state index contributed by atoms with van der Waals surface area (Å²) in [5.41, 5.74) is 2.88.